The Hall–Kier alpha value is -2.77. The van der Waals surface area contributed by atoms with Crippen molar-refractivity contribution >= 4 is 11.9 Å². The van der Waals surface area contributed by atoms with Gasteiger partial charge < -0.3 is 24.0 Å². The smallest absolute Gasteiger partial charge is 0.317 e. The molecule has 3 amide bonds. The molecule has 8 heteroatoms. The number of nitrogens with zero attached hydrogens (tertiary/aromatic N) is 3. The predicted octanol–water partition coefficient (Wildman–Crippen LogP) is 2.90. The number of nitrogens with one attached hydrogen (secondary N) is 1. The standard InChI is InChI=1S/C20H26N4O4/c1-14-17(19(25)23-8-2-3-9-23)22-18(28-14)15-6-10-24(11-7-15)20(26)21-13-16-5-4-12-27-16/h4-5,12,15H,2-3,6-11,13H2,1H3,(H,21,26). The first-order valence-corrected chi connectivity index (χ1v) is 9.93. The number of carbonyl (C=O) groups is 2. The van der Waals surface area contributed by atoms with E-state index in [1.54, 1.807) is 24.2 Å². The third-order valence-electron chi connectivity index (χ3n) is 5.53. The fraction of sp³-hybridized carbons (Fsp3) is 0.550. The highest BCUT2D eigenvalue weighted by Crippen LogP contribution is 2.29. The lowest BCUT2D eigenvalue weighted by Crippen LogP contribution is -2.43. The Morgan fingerprint density at radius 3 is 2.61 bits per heavy atom. The molecule has 0 unspecified atom stereocenters. The zero-order valence-corrected chi connectivity index (χ0v) is 16.1. The van der Waals surface area contributed by atoms with Gasteiger partial charge in [-0.2, -0.15) is 0 Å². The Labute approximate surface area is 163 Å². The van der Waals surface area contributed by atoms with Gasteiger partial charge in [0.15, 0.2) is 11.6 Å². The maximum Gasteiger partial charge on any atom is 0.317 e. The minimum atomic E-state index is -0.0941. The van der Waals surface area contributed by atoms with Gasteiger partial charge in [-0.05, 0) is 44.7 Å². The summed E-state index contributed by atoms with van der Waals surface area (Å²) in [5, 5.41) is 2.87. The van der Waals surface area contributed by atoms with Gasteiger partial charge in [-0.25, -0.2) is 9.78 Å². The van der Waals surface area contributed by atoms with Crippen LogP contribution in [-0.2, 0) is 6.54 Å². The van der Waals surface area contributed by atoms with Crippen molar-refractivity contribution < 1.29 is 18.4 Å². The molecule has 2 aromatic rings. The number of aryl methyl sites for hydroxylation is 1. The molecule has 0 bridgehead atoms. The highest BCUT2D eigenvalue weighted by Gasteiger charge is 2.30. The van der Waals surface area contributed by atoms with Crippen LogP contribution >= 0.6 is 0 Å². The lowest BCUT2D eigenvalue weighted by atomic mass is 9.97. The number of aromatic nitrogens is 1. The molecule has 2 aliphatic rings. The molecule has 0 radical (unpaired) electrons. The van der Waals surface area contributed by atoms with Crippen LogP contribution in [0, 0.1) is 6.92 Å². The van der Waals surface area contributed by atoms with Crippen molar-refractivity contribution in [2.75, 3.05) is 26.2 Å². The van der Waals surface area contributed by atoms with Crippen LogP contribution in [0.3, 0.4) is 0 Å². The average Bonchev–Trinajstić information content (AvgIpc) is 3.47. The summed E-state index contributed by atoms with van der Waals surface area (Å²) in [7, 11) is 0. The summed E-state index contributed by atoms with van der Waals surface area (Å²) in [5.74, 6) is 2.04. The third-order valence-corrected chi connectivity index (χ3v) is 5.53. The zero-order valence-electron chi connectivity index (χ0n) is 16.1. The number of hydrogen-bond donors (Lipinski definition) is 1. The lowest BCUT2D eigenvalue weighted by Gasteiger charge is -2.30. The van der Waals surface area contributed by atoms with Crippen molar-refractivity contribution in [2.24, 2.45) is 0 Å². The highest BCUT2D eigenvalue weighted by molar-refractivity contribution is 5.93. The van der Waals surface area contributed by atoms with Gasteiger partial charge in [0.1, 0.15) is 11.5 Å². The number of rotatable bonds is 4. The van der Waals surface area contributed by atoms with Gasteiger partial charge in [0.2, 0.25) is 0 Å². The minimum absolute atomic E-state index is 0.0280. The van der Waals surface area contributed by atoms with Crippen LogP contribution in [0.2, 0.25) is 0 Å². The molecule has 0 aliphatic carbocycles. The summed E-state index contributed by atoms with van der Waals surface area (Å²) in [6, 6.07) is 3.54. The largest absolute Gasteiger partial charge is 0.467 e. The van der Waals surface area contributed by atoms with Gasteiger partial charge in [0.05, 0.1) is 12.8 Å². The number of hydrogen-bond acceptors (Lipinski definition) is 5. The first-order chi connectivity index (χ1) is 13.6. The molecule has 28 heavy (non-hydrogen) atoms. The molecule has 2 saturated heterocycles. The second-order valence-electron chi connectivity index (χ2n) is 7.46. The number of piperidine rings is 1. The summed E-state index contributed by atoms with van der Waals surface area (Å²) in [4.78, 5) is 33.1. The number of oxazole rings is 1. The summed E-state index contributed by atoms with van der Waals surface area (Å²) in [6.45, 7) is 5.04. The molecule has 0 saturated carbocycles. The molecule has 0 aromatic carbocycles. The summed E-state index contributed by atoms with van der Waals surface area (Å²) >= 11 is 0. The summed E-state index contributed by atoms with van der Waals surface area (Å²) in [5.41, 5.74) is 0.440. The molecule has 2 aromatic heterocycles. The van der Waals surface area contributed by atoms with Gasteiger partial charge in [0.25, 0.3) is 5.91 Å². The van der Waals surface area contributed by atoms with E-state index in [0.29, 0.717) is 37.0 Å². The molecule has 4 rings (SSSR count). The van der Waals surface area contributed by atoms with Gasteiger partial charge in [0, 0.05) is 32.1 Å². The first kappa shape index (κ1) is 18.6. The normalized spacial score (nSPS) is 17.9. The number of urea groups is 1. The van der Waals surface area contributed by atoms with Crippen LogP contribution in [-0.4, -0.2) is 52.9 Å². The maximum absolute atomic E-state index is 12.6. The Kier molecular flexibility index (Phi) is 5.36. The number of likely N-dealkylation sites (tertiary alicyclic amines) is 2. The Bertz CT molecular complexity index is 815. The lowest BCUT2D eigenvalue weighted by molar-refractivity contribution is 0.0786. The SMILES string of the molecule is Cc1oc(C2CCN(C(=O)NCc3ccco3)CC2)nc1C(=O)N1CCCC1. The van der Waals surface area contributed by atoms with E-state index in [0.717, 1.165) is 44.5 Å². The molecule has 2 aliphatic heterocycles. The summed E-state index contributed by atoms with van der Waals surface area (Å²) < 4.78 is 11.1. The fourth-order valence-electron chi connectivity index (χ4n) is 3.88. The Morgan fingerprint density at radius 1 is 1.18 bits per heavy atom. The van der Waals surface area contributed by atoms with Crippen molar-refractivity contribution in [1.29, 1.82) is 0 Å². The van der Waals surface area contributed by atoms with Crippen molar-refractivity contribution in [3.8, 4) is 0 Å². The molecule has 2 fully saturated rings. The molecule has 1 N–H and O–H groups in total. The zero-order chi connectivity index (χ0) is 19.5. The number of amides is 3. The van der Waals surface area contributed by atoms with E-state index in [4.69, 9.17) is 8.83 Å². The van der Waals surface area contributed by atoms with Crippen molar-refractivity contribution in [2.45, 2.75) is 45.1 Å². The van der Waals surface area contributed by atoms with E-state index in [9.17, 15) is 9.59 Å². The number of furan rings is 1. The van der Waals surface area contributed by atoms with Crippen LogP contribution in [0.15, 0.2) is 27.2 Å². The molecular formula is C20H26N4O4. The Balaban J connectivity index is 1.31. The maximum atomic E-state index is 12.6. The van der Waals surface area contributed by atoms with Crippen LogP contribution in [0.25, 0.3) is 0 Å². The van der Waals surface area contributed by atoms with E-state index in [-0.39, 0.29) is 17.9 Å². The van der Waals surface area contributed by atoms with Gasteiger partial charge in [-0.3, -0.25) is 4.79 Å². The molecule has 0 atom stereocenters. The van der Waals surface area contributed by atoms with Crippen molar-refractivity contribution in [3.63, 3.8) is 0 Å². The minimum Gasteiger partial charge on any atom is -0.467 e. The molecular weight excluding hydrogens is 360 g/mol. The van der Waals surface area contributed by atoms with E-state index >= 15 is 0 Å². The van der Waals surface area contributed by atoms with E-state index < -0.39 is 0 Å². The van der Waals surface area contributed by atoms with Crippen molar-refractivity contribution in [3.05, 3.63) is 41.5 Å². The van der Waals surface area contributed by atoms with Crippen LogP contribution < -0.4 is 5.32 Å². The van der Waals surface area contributed by atoms with Crippen molar-refractivity contribution in [1.82, 2.24) is 20.1 Å². The second kappa shape index (κ2) is 8.08. The molecule has 4 heterocycles. The molecule has 0 spiro atoms. The van der Waals surface area contributed by atoms with Crippen LogP contribution in [0.1, 0.15) is 59.5 Å². The average molecular weight is 386 g/mol. The predicted molar refractivity (Wildman–Crippen MR) is 101 cm³/mol. The van der Waals surface area contributed by atoms with Crippen LogP contribution in [0.4, 0.5) is 4.79 Å². The quantitative estimate of drug-likeness (QED) is 0.872. The first-order valence-electron chi connectivity index (χ1n) is 9.93. The monoisotopic (exact) mass is 386 g/mol. The second-order valence-corrected chi connectivity index (χ2v) is 7.46. The van der Waals surface area contributed by atoms with Gasteiger partial charge >= 0.3 is 6.03 Å². The highest BCUT2D eigenvalue weighted by atomic mass is 16.4. The molecule has 8 nitrogen and oxygen atoms in total. The van der Waals surface area contributed by atoms with Crippen LogP contribution in [0.5, 0.6) is 0 Å². The van der Waals surface area contributed by atoms with Gasteiger partial charge in [-0.1, -0.05) is 0 Å². The topological polar surface area (TPSA) is 91.8 Å². The van der Waals surface area contributed by atoms with E-state index in [2.05, 4.69) is 10.3 Å². The number of carbonyl (C=O) groups excluding carboxylic acids is 2. The van der Waals surface area contributed by atoms with E-state index in [1.807, 2.05) is 11.0 Å². The molecule has 150 valence electrons. The van der Waals surface area contributed by atoms with Gasteiger partial charge in [-0.15, -0.1) is 0 Å². The van der Waals surface area contributed by atoms with E-state index in [1.165, 1.54) is 0 Å². The fourth-order valence-corrected chi connectivity index (χ4v) is 3.88. The third kappa shape index (κ3) is 3.90. The Morgan fingerprint density at radius 2 is 1.93 bits per heavy atom. The summed E-state index contributed by atoms with van der Waals surface area (Å²) in [6.07, 6.45) is 5.23.